The highest BCUT2D eigenvalue weighted by Gasteiger charge is 2.16. The number of aromatic hydroxyl groups is 1. The summed E-state index contributed by atoms with van der Waals surface area (Å²) < 4.78 is 30.2. The van der Waals surface area contributed by atoms with E-state index >= 15 is 0 Å². The normalized spacial score (nSPS) is 11.3. The van der Waals surface area contributed by atoms with Crippen molar-refractivity contribution in [2.75, 3.05) is 24.8 Å². The summed E-state index contributed by atoms with van der Waals surface area (Å²) in [7, 11) is -1.98. The van der Waals surface area contributed by atoms with E-state index in [1.807, 2.05) is 0 Å². The molecule has 0 radical (unpaired) electrons. The Bertz CT molecular complexity index is 965. The molecule has 0 spiro atoms. The Balaban J connectivity index is 2.30. The molecule has 0 aliphatic heterocycles. The van der Waals surface area contributed by atoms with Crippen LogP contribution in [-0.4, -0.2) is 43.5 Å². The number of phenolic OH excluding ortho intramolecular Hbond substituents is 1. The number of benzene rings is 1. The summed E-state index contributed by atoms with van der Waals surface area (Å²) in [5.41, 5.74) is -0.125. The van der Waals surface area contributed by atoms with E-state index in [1.54, 1.807) is 0 Å². The number of anilines is 1. The molecule has 1 aromatic carbocycles. The quantitative estimate of drug-likeness (QED) is 0.699. The van der Waals surface area contributed by atoms with Gasteiger partial charge in [-0.2, -0.15) is 0 Å². The smallest absolute Gasteiger partial charge is 0.257 e. The van der Waals surface area contributed by atoms with Crippen molar-refractivity contribution in [3.8, 4) is 5.75 Å². The first-order valence-electron chi connectivity index (χ1n) is 7.85. The number of rotatable bonds is 7. The molecule has 1 aromatic heterocycles. The number of nitrogens with one attached hydrogen (secondary N) is 1. The zero-order valence-corrected chi connectivity index (χ0v) is 15.2. The van der Waals surface area contributed by atoms with Gasteiger partial charge >= 0.3 is 0 Å². The molecule has 140 valence electrons. The molecule has 0 bridgehead atoms. The van der Waals surface area contributed by atoms with E-state index in [-0.39, 0.29) is 39.8 Å². The Labute approximate surface area is 151 Å². The van der Waals surface area contributed by atoms with Crippen LogP contribution in [0, 0.1) is 0 Å². The number of pyridine rings is 1. The fraction of sp³-hybridized carbons (Fsp3) is 0.294. The Morgan fingerprint density at radius 2 is 2.00 bits per heavy atom. The van der Waals surface area contributed by atoms with Crippen LogP contribution < -0.4 is 10.9 Å². The van der Waals surface area contributed by atoms with Gasteiger partial charge in [0.1, 0.15) is 5.75 Å². The number of phenols is 1. The number of carbonyl (C=O) groups excluding carboxylic acids is 1. The molecule has 0 aliphatic carbocycles. The molecule has 2 N–H and O–H groups in total. The summed E-state index contributed by atoms with van der Waals surface area (Å²) in [6.07, 6.45) is 1.38. The third kappa shape index (κ3) is 4.50. The van der Waals surface area contributed by atoms with Crippen molar-refractivity contribution in [2.24, 2.45) is 0 Å². The zero-order valence-electron chi connectivity index (χ0n) is 14.4. The molecule has 2 aromatic rings. The second-order valence-electron chi connectivity index (χ2n) is 5.48. The minimum absolute atomic E-state index is 0.00170. The van der Waals surface area contributed by atoms with Crippen molar-refractivity contribution >= 4 is 21.4 Å². The molecule has 8 nitrogen and oxygen atoms in total. The van der Waals surface area contributed by atoms with E-state index in [4.69, 9.17) is 4.74 Å². The van der Waals surface area contributed by atoms with E-state index < -0.39 is 15.7 Å². The first-order chi connectivity index (χ1) is 12.3. The van der Waals surface area contributed by atoms with Crippen LogP contribution in [-0.2, 0) is 21.1 Å². The van der Waals surface area contributed by atoms with E-state index in [0.29, 0.717) is 6.61 Å². The number of hydrogen-bond donors (Lipinski definition) is 2. The summed E-state index contributed by atoms with van der Waals surface area (Å²) in [6.45, 7) is 2.10. The highest BCUT2D eigenvalue weighted by atomic mass is 32.2. The number of sulfone groups is 1. The molecule has 1 heterocycles. The summed E-state index contributed by atoms with van der Waals surface area (Å²) >= 11 is 0. The molecule has 0 aliphatic rings. The first kappa shape index (κ1) is 19.7. The first-order valence-corrected chi connectivity index (χ1v) is 9.50. The van der Waals surface area contributed by atoms with Crippen molar-refractivity contribution in [3.05, 3.63) is 52.4 Å². The second kappa shape index (κ2) is 8.15. The van der Waals surface area contributed by atoms with Gasteiger partial charge < -0.3 is 19.7 Å². The summed E-state index contributed by atoms with van der Waals surface area (Å²) in [6, 6.07) is 6.28. The Morgan fingerprint density at radius 3 is 2.65 bits per heavy atom. The maximum atomic E-state index is 12.4. The van der Waals surface area contributed by atoms with Crippen LogP contribution in [0.1, 0.15) is 17.3 Å². The predicted octanol–water partition coefficient (Wildman–Crippen LogP) is 1.25. The number of ether oxygens (including phenoxy) is 1. The molecule has 9 heteroatoms. The van der Waals surface area contributed by atoms with Gasteiger partial charge in [0.2, 0.25) is 0 Å². The van der Waals surface area contributed by atoms with Crippen LogP contribution in [0.4, 0.5) is 5.69 Å². The summed E-state index contributed by atoms with van der Waals surface area (Å²) in [5.74, 6) is -0.950. The fourth-order valence-corrected chi connectivity index (χ4v) is 3.11. The number of carbonyl (C=O) groups is 1. The minimum atomic E-state index is -3.48. The molecule has 0 fully saturated rings. The van der Waals surface area contributed by atoms with Gasteiger partial charge in [-0.3, -0.25) is 9.59 Å². The minimum Gasteiger partial charge on any atom is -0.506 e. The van der Waals surface area contributed by atoms with Crippen molar-refractivity contribution in [1.29, 1.82) is 0 Å². The van der Waals surface area contributed by atoms with Crippen molar-refractivity contribution in [1.82, 2.24) is 4.57 Å². The topological polar surface area (TPSA) is 115 Å². The lowest BCUT2D eigenvalue weighted by molar-refractivity contribution is 0.102. The lowest BCUT2D eigenvalue weighted by atomic mass is 10.2. The van der Waals surface area contributed by atoms with Crippen molar-refractivity contribution in [2.45, 2.75) is 18.4 Å². The van der Waals surface area contributed by atoms with E-state index in [9.17, 15) is 23.1 Å². The van der Waals surface area contributed by atoms with Crippen LogP contribution in [0.5, 0.6) is 5.75 Å². The number of hydrogen-bond acceptors (Lipinski definition) is 6. The highest BCUT2D eigenvalue weighted by molar-refractivity contribution is 7.91. The van der Waals surface area contributed by atoms with Gasteiger partial charge in [0.15, 0.2) is 9.84 Å². The predicted molar refractivity (Wildman–Crippen MR) is 96.4 cm³/mol. The average Bonchev–Trinajstić information content (AvgIpc) is 2.62. The van der Waals surface area contributed by atoms with Gasteiger partial charge in [0.05, 0.1) is 28.5 Å². The molecule has 0 unspecified atom stereocenters. The van der Waals surface area contributed by atoms with Crippen LogP contribution >= 0.6 is 0 Å². The van der Waals surface area contributed by atoms with Gasteiger partial charge in [-0.1, -0.05) is 6.92 Å². The number of aromatic nitrogens is 1. The Kier molecular flexibility index (Phi) is 6.17. The van der Waals surface area contributed by atoms with Crippen LogP contribution in [0.25, 0.3) is 0 Å². The lowest BCUT2D eigenvalue weighted by Gasteiger charge is -2.11. The molecule has 0 saturated carbocycles. The largest absolute Gasteiger partial charge is 0.506 e. The standard InChI is InChI=1S/C17H20N2O6S/c1-3-26(23,24)13-5-6-15(20)14(10-13)18-17(22)12-4-7-16(21)19(11-12)8-9-25-2/h4-7,10-11,20H,3,8-9H2,1-2H3,(H,18,22). The van der Waals surface area contributed by atoms with Crippen LogP contribution in [0.2, 0.25) is 0 Å². The number of amides is 1. The molecule has 0 atom stereocenters. The van der Waals surface area contributed by atoms with Crippen LogP contribution in [0.15, 0.2) is 46.2 Å². The van der Waals surface area contributed by atoms with Crippen LogP contribution in [0.3, 0.4) is 0 Å². The zero-order chi connectivity index (χ0) is 19.3. The summed E-state index contributed by atoms with van der Waals surface area (Å²) in [4.78, 5) is 24.2. The maximum absolute atomic E-state index is 12.4. The van der Waals surface area contributed by atoms with Gasteiger partial charge in [-0.15, -0.1) is 0 Å². The lowest BCUT2D eigenvalue weighted by Crippen LogP contribution is -2.23. The highest BCUT2D eigenvalue weighted by Crippen LogP contribution is 2.27. The Morgan fingerprint density at radius 1 is 1.27 bits per heavy atom. The van der Waals surface area contributed by atoms with E-state index in [1.165, 1.54) is 55.1 Å². The summed E-state index contributed by atoms with van der Waals surface area (Å²) in [5, 5.41) is 12.4. The molecular formula is C17H20N2O6S. The average molecular weight is 380 g/mol. The number of methoxy groups -OCH3 is 1. The van der Waals surface area contributed by atoms with Gasteiger partial charge in [-0.25, -0.2) is 8.42 Å². The molecule has 0 saturated heterocycles. The van der Waals surface area contributed by atoms with Gasteiger partial charge in [0, 0.05) is 25.9 Å². The molecule has 1 amide bonds. The second-order valence-corrected chi connectivity index (χ2v) is 7.76. The third-order valence-electron chi connectivity index (χ3n) is 3.74. The van der Waals surface area contributed by atoms with Crippen molar-refractivity contribution < 1.29 is 23.1 Å². The molecule has 2 rings (SSSR count). The van der Waals surface area contributed by atoms with Gasteiger partial charge in [-0.05, 0) is 24.3 Å². The number of nitrogens with zero attached hydrogens (tertiary/aromatic N) is 1. The monoisotopic (exact) mass is 380 g/mol. The Hall–Kier alpha value is -2.65. The fourth-order valence-electron chi connectivity index (χ4n) is 2.20. The molecular weight excluding hydrogens is 360 g/mol. The third-order valence-corrected chi connectivity index (χ3v) is 5.47. The maximum Gasteiger partial charge on any atom is 0.257 e. The van der Waals surface area contributed by atoms with E-state index in [2.05, 4.69) is 5.32 Å². The molecule has 26 heavy (non-hydrogen) atoms. The SMILES string of the molecule is CCS(=O)(=O)c1ccc(O)c(NC(=O)c2ccc(=O)n(CCOC)c2)c1. The van der Waals surface area contributed by atoms with E-state index in [0.717, 1.165) is 0 Å². The van der Waals surface area contributed by atoms with Gasteiger partial charge in [0.25, 0.3) is 11.5 Å². The van der Waals surface area contributed by atoms with Crippen molar-refractivity contribution in [3.63, 3.8) is 0 Å².